The number of allylic oxidation sites excluding steroid dienone is 5. The molecule has 0 amide bonds. The summed E-state index contributed by atoms with van der Waals surface area (Å²) < 4.78 is 261. The molecule has 1 aromatic carbocycles. The van der Waals surface area contributed by atoms with Crippen molar-refractivity contribution in [1.82, 2.24) is 0 Å². The zero-order valence-corrected chi connectivity index (χ0v) is 51.9. The first-order valence-electron chi connectivity index (χ1n) is 21.9. The Morgan fingerprint density at radius 3 is 0.876 bits per heavy atom. The number of carbonyl (C=O) groups is 7. The third-order valence-corrected chi connectivity index (χ3v) is 11.1. The van der Waals surface area contributed by atoms with Gasteiger partial charge in [0.15, 0.2) is 0 Å². The van der Waals surface area contributed by atoms with Crippen LogP contribution >= 0.6 is 0 Å². The summed E-state index contributed by atoms with van der Waals surface area (Å²) >= 11 is 0. The fraction of sp³-hybridized carbons (Fsp3) is 0.405. The molecule has 0 saturated carbocycles. The Morgan fingerprint density at radius 1 is 0.416 bits per heavy atom. The van der Waals surface area contributed by atoms with E-state index in [1.165, 1.54) is 65.0 Å². The third kappa shape index (κ3) is 42.4. The van der Waals surface area contributed by atoms with Gasteiger partial charge in [-0.15, -0.1) is 0 Å². The van der Waals surface area contributed by atoms with Gasteiger partial charge in [0.05, 0.1) is 18.8 Å². The van der Waals surface area contributed by atoms with Crippen molar-refractivity contribution in [2.24, 2.45) is 11.8 Å². The Kier molecular flexibility index (Phi) is 37.2. The highest BCUT2D eigenvalue weighted by molar-refractivity contribution is 7.88. The number of aliphatic carboxylic acids is 6. The van der Waals surface area contributed by atoms with Crippen molar-refractivity contribution >= 4 is 109 Å². The molecular weight excluding hydrogens is 1380 g/mol. The van der Waals surface area contributed by atoms with Gasteiger partial charge in [-0.25, -0.2) is 28.8 Å². The Hall–Kier alpha value is -8.18. The van der Waals surface area contributed by atoms with Crippen LogP contribution in [0.3, 0.4) is 0 Å². The van der Waals surface area contributed by atoms with Crippen LogP contribution in [0.25, 0.3) is 6.08 Å². The number of halogens is 9. The number of carboxylic acid groups (broad SMARTS) is 6. The van der Waals surface area contributed by atoms with Crippen LogP contribution in [-0.2, 0) is 119 Å². The van der Waals surface area contributed by atoms with E-state index in [0.717, 1.165) is 44.8 Å². The molecule has 0 bridgehead atoms. The lowest BCUT2D eigenvalue weighted by molar-refractivity contribution is -0.136. The van der Waals surface area contributed by atoms with E-state index in [1.807, 2.05) is 0 Å². The number of hydrogen-bond acceptors (Lipinski definition) is 26. The van der Waals surface area contributed by atoms with Crippen LogP contribution < -0.4 is 4.74 Å². The van der Waals surface area contributed by atoms with Crippen LogP contribution in [0, 0.1) is 11.8 Å². The summed E-state index contributed by atoms with van der Waals surface area (Å²) in [4.78, 5) is 73.0. The van der Waals surface area contributed by atoms with Crippen molar-refractivity contribution in [3.05, 3.63) is 94.3 Å². The molecule has 0 aliphatic heterocycles. The van der Waals surface area contributed by atoms with Gasteiger partial charge in [-0.2, -0.15) is 90.0 Å². The summed E-state index contributed by atoms with van der Waals surface area (Å²) in [7, 11) is -29.2. The van der Waals surface area contributed by atoms with E-state index in [2.05, 4.69) is 25.1 Å². The van der Waals surface area contributed by atoms with Crippen LogP contribution in [-0.4, -0.2) is 158 Å². The molecule has 512 valence electrons. The Labute approximate surface area is 500 Å². The lowest BCUT2D eigenvalue weighted by Gasteiger charge is -2.10. The first kappa shape index (κ1) is 89.6. The maximum Gasteiger partial charge on any atom is 0.534 e. The SMILES string of the molecule is C/C=C(\OS(=O)(=O)C(F)(F)F)C(=O)O.C/C=C(\OS(C)(=O)=O)C(=O)O.CC(=O)Oc1ccc(/C=C(\OS(=O)(=O)C(F)(F)F)C(=O)O)cc1.CC(C)/C=C(\OS(=O)(=O)C(F)(F)F)C(=O)O.CC(C)/C=C(\OS(C)(=O)=O)C(=O)O.CC(C)=C(OS(C)(=O)=O)C(=O)O. The van der Waals surface area contributed by atoms with Crippen LogP contribution in [0.5, 0.6) is 5.75 Å². The zero-order valence-electron chi connectivity index (χ0n) is 47.0. The highest BCUT2D eigenvalue weighted by atomic mass is 32.2. The van der Waals surface area contributed by atoms with Crippen molar-refractivity contribution < 1.29 is 184 Å². The van der Waals surface area contributed by atoms with Gasteiger partial charge in [0.2, 0.25) is 34.6 Å². The summed E-state index contributed by atoms with van der Waals surface area (Å²) in [5.74, 6) is -16.8. The minimum absolute atomic E-state index is 0.00989. The lowest BCUT2D eigenvalue weighted by Crippen LogP contribution is -2.27. The van der Waals surface area contributed by atoms with Crippen molar-refractivity contribution in [3.63, 3.8) is 0 Å². The van der Waals surface area contributed by atoms with Crippen LogP contribution in [0.15, 0.2) is 88.7 Å². The monoisotopic (exact) mass is 1430 g/mol. The van der Waals surface area contributed by atoms with Gasteiger partial charge in [0.25, 0.3) is 0 Å². The van der Waals surface area contributed by atoms with Crippen LogP contribution in [0.4, 0.5) is 39.5 Å². The van der Waals surface area contributed by atoms with Gasteiger partial charge in [-0.05, 0) is 93.2 Å². The molecule has 0 radical (unpaired) electrons. The quantitative estimate of drug-likeness (QED) is 0.0167. The molecule has 0 heterocycles. The summed E-state index contributed by atoms with van der Waals surface area (Å²) in [5, 5.41) is 50.6. The lowest BCUT2D eigenvalue weighted by atomic mass is 10.2. The molecule has 0 aromatic heterocycles. The number of esters is 1. The van der Waals surface area contributed by atoms with Gasteiger partial charge >= 0.3 is 119 Å². The second-order valence-electron chi connectivity index (χ2n) is 16.0. The van der Waals surface area contributed by atoms with Crippen molar-refractivity contribution in [1.29, 1.82) is 0 Å². The number of ether oxygens (including phenoxy) is 1. The number of alkyl halides is 9. The normalized spacial score (nSPS) is 12.9. The molecule has 0 unspecified atom stereocenters. The molecule has 0 fully saturated rings. The summed E-state index contributed by atoms with van der Waals surface area (Å²) in [6.45, 7) is 12.8. The predicted molar refractivity (Wildman–Crippen MR) is 279 cm³/mol. The molecule has 0 spiro atoms. The largest absolute Gasteiger partial charge is 0.534 e. The third-order valence-electron chi connectivity index (χ3n) is 6.80. The highest BCUT2D eigenvalue weighted by Gasteiger charge is 2.51. The Bertz CT molecular complexity index is 3570. The van der Waals surface area contributed by atoms with E-state index in [0.29, 0.717) is 17.7 Å². The molecule has 1 rings (SSSR count). The molecule has 0 atom stereocenters. The zero-order chi connectivity index (χ0) is 72.2. The molecule has 1 aromatic rings. The second kappa shape index (κ2) is 37.0. The molecule has 47 heteroatoms. The topological polar surface area (TPSA) is 510 Å². The number of rotatable bonds is 22. The Morgan fingerprint density at radius 2 is 0.674 bits per heavy atom. The number of hydrogen-bond donors (Lipinski definition) is 6. The summed E-state index contributed by atoms with van der Waals surface area (Å²) in [6, 6.07) is 4.82. The number of carboxylic acids is 6. The fourth-order valence-corrected chi connectivity index (χ4v) is 6.56. The molecular formula is C42H53F9O32S6. The second-order valence-corrected chi connectivity index (χ2v) is 25.3. The van der Waals surface area contributed by atoms with Gasteiger partial charge in [0, 0.05) is 6.92 Å². The van der Waals surface area contributed by atoms with E-state index in [9.17, 15) is 124 Å². The highest BCUT2D eigenvalue weighted by Crippen LogP contribution is 2.29. The number of benzene rings is 1. The Balaban J connectivity index is -0.000000324. The fourth-order valence-electron chi connectivity index (χ4n) is 3.67. The van der Waals surface area contributed by atoms with Crippen molar-refractivity contribution in [3.8, 4) is 5.75 Å². The summed E-state index contributed by atoms with van der Waals surface area (Å²) in [6.07, 6.45) is 6.57. The van der Waals surface area contributed by atoms with E-state index < -0.39 is 159 Å². The van der Waals surface area contributed by atoms with Crippen molar-refractivity contribution in [2.45, 2.75) is 78.8 Å². The average Bonchev–Trinajstić information content (AvgIpc) is 3.40. The van der Waals surface area contributed by atoms with Crippen molar-refractivity contribution in [2.75, 3.05) is 18.8 Å². The van der Waals surface area contributed by atoms with Gasteiger partial charge in [0.1, 0.15) is 5.75 Å². The number of carbonyl (C=O) groups excluding carboxylic acids is 1. The van der Waals surface area contributed by atoms with E-state index in [-0.39, 0.29) is 17.2 Å². The first-order valence-corrected chi connectivity index (χ1v) is 31.5. The average molecular weight is 1430 g/mol. The maximum absolute atomic E-state index is 12.2. The first-order chi connectivity index (χ1) is 39.3. The molecule has 0 saturated heterocycles. The molecule has 32 nitrogen and oxygen atoms in total. The minimum Gasteiger partial charge on any atom is -0.475 e. The van der Waals surface area contributed by atoms with Gasteiger partial charge < -0.3 is 60.5 Å². The molecule has 0 aliphatic carbocycles. The smallest absolute Gasteiger partial charge is 0.475 e. The van der Waals surface area contributed by atoms with E-state index in [4.69, 9.17) is 35.4 Å². The summed E-state index contributed by atoms with van der Waals surface area (Å²) in [5.41, 5.74) is -16.8. The van der Waals surface area contributed by atoms with Gasteiger partial charge in [-0.3, -0.25) is 4.79 Å². The predicted octanol–water partition coefficient (Wildman–Crippen LogP) is 5.10. The minimum atomic E-state index is -6.10. The van der Waals surface area contributed by atoms with Crippen LogP contribution in [0.1, 0.15) is 67.9 Å². The van der Waals surface area contributed by atoms with E-state index >= 15 is 0 Å². The van der Waals surface area contributed by atoms with Gasteiger partial charge in [-0.1, -0.05) is 39.8 Å². The maximum atomic E-state index is 12.2. The molecule has 89 heavy (non-hydrogen) atoms. The van der Waals surface area contributed by atoms with Crippen LogP contribution in [0.2, 0.25) is 0 Å². The van der Waals surface area contributed by atoms with E-state index in [1.54, 1.807) is 13.8 Å². The molecule has 6 N–H and O–H groups in total. The standard InChI is InChI=1S/C12H9F3O7S.C7H9F3O5S.C7H12O5S.C6H10O5S.C5H5F3O5S.C5H8O5S/c1-7(16)21-9-4-2-8(3-5-9)6-10(11(17)18)22-23(19,20)12(13,14)15;1-4(2)3-5(6(11)12)15-16(13,14)7(8,9)10;1-5(2)4-6(7(8)9)12-13(3,10)11;1-4(2)5(6(7)8)11-12(3,9)10;1-2-3(4(9)10)13-14(11,12)5(6,7)8;1-3-4(5(6)7)10-11(2,8)9/h2-6H,1H3,(H,17,18);3-4H,1-2H3,(H,11,12);4-5H,1-3H3,(H,8,9);1-3H3,(H,7,8);2H,1H3,(H,9,10);3H,1-2H3,(H,6,7)/b10-6-;5-3-;6-4-;;3-2-;4-3-. The molecule has 0 aliphatic rings.